The van der Waals surface area contributed by atoms with E-state index in [1.807, 2.05) is 0 Å². The van der Waals surface area contributed by atoms with Crippen molar-refractivity contribution in [3.8, 4) is 0 Å². The molecule has 0 saturated carbocycles. The van der Waals surface area contributed by atoms with Gasteiger partial charge >= 0.3 is 0 Å². The Bertz CT molecular complexity index is 531. The van der Waals surface area contributed by atoms with Crippen molar-refractivity contribution in [3.05, 3.63) is 63.6 Å². The summed E-state index contributed by atoms with van der Waals surface area (Å²) in [4.78, 5) is 1.25. The standard InChI is InChI=1S/C16H18BrNS/c1-11-7-12(2)9-13(8-11)16(18)10-19-15-5-3-14(17)4-6-15/h3-9,16H,10,18H2,1-2H3. The summed E-state index contributed by atoms with van der Waals surface area (Å²) in [5.41, 5.74) is 10.1. The third-order valence-electron chi connectivity index (χ3n) is 2.92. The van der Waals surface area contributed by atoms with Crippen LogP contribution in [0, 0.1) is 13.8 Å². The summed E-state index contributed by atoms with van der Waals surface area (Å²) in [6, 6.07) is 15.0. The van der Waals surface area contributed by atoms with Gasteiger partial charge in [0.2, 0.25) is 0 Å². The van der Waals surface area contributed by atoms with Crippen molar-refractivity contribution in [1.82, 2.24) is 0 Å². The summed E-state index contributed by atoms with van der Waals surface area (Å²) in [7, 11) is 0. The topological polar surface area (TPSA) is 26.0 Å². The molecule has 1 unspecified atom stereocenters. The summed E-state index contributed by atoms with van der Waals surface area (Å²) >= 11 is 5.24. The van der Waals surface area contributed by atoms with E-state index in [1.54, 1.807) is 11.8 Å². The summed E-state index contributed by atoms with van der Waals surface area (Å²) < 4.78 is 1.11. The van der Waals surface area contributed by atoms with E-state index in [0.717, 1.165) is 10.2 Å². The lowest BCUT2D eigenvalue weighted by atomic mass is 10.0. The van der Waals surface area contributed by atoms with Crippen molar-refractivity contribution < 1.29 is 0 Å². The minimum atomic E-state index is 0.0762. The first-order valence-corrected chi connectivity index (χ1v) is 8.04. The number of benzene rings is 2. The van der Waals surface area contributed by atoms with Crippen molar-refractivity contribution in [2.24, 2.45) is 5.73 Å². The maximum atomic E-state index is 6.28. The van der Waals surface area contributed by atoms with Crippen LogP contribution in [0.5, 0.6) is 0 Å². The molecule has 0 bridgehead atoms. The number of halogens is 1. The van der Waals surface area contributed by atoms with E-state index in [-0.39, 0.29) is 6.04 Å². The fourth-order valence-electron chi connectivity index (χ4n) is 2.04. The first-order valence-electron chi connectivity index (χ1n) is 6.27. The minimum Gasteiger partial charge on any atom is -0.323 e. The van der Waals surface area contributed by atoms with Crippen LogP contribution in [0.4, 0.5) is 0 Å². The van der Waals surface area contributed by atoms with Crippen molar-refractivity contribution in [1.29, 1.82) is 0 Å². The van der Waals surface area contributed by atoms with E-state index in [1.165, 1.54) is 21.6 Å². The van der Waals surface area contributed by atoms with Crippen LogP contribution in [-0.4, -0.2) is 5.75 Å². The van der Waals surface area contributed by atoms with Crippen molar-refractivity contribution in [2.45, 2.75) is 24.8 Å². The van der Waals surface area contributed by atoms with Gasteiger partial charge in [0.1, 0.15) is 0 Å². The van der Waals surface area contributed by atoms with Crippen LogP contribution >= 0.6 is 27.7 Å². The van der Waals surface area contributed by atoms with Crippen LogP contribution in [0.1, 0.15) is 22.7 Å². The molecule has 0 aliphatic rings. The molecule has 0 fully saturated rings. The molecule has 3 heteroatoms. The third-order valence-corrected chi connectivity index (χ3v) is 4.58. The molecule has 100 valence electrons. The summed E-state index contributed by atoms with van der Waals surface area (Å²) in [6.45, 7) is 4.23. The Balaban J connectivity index is 2.00. The Morgan fingerprint density at radius 1 is 1.05 bits per heavy atom. The molecular formula is C16H18BrNS. The van der Waals surface area contributed by atoms with Gasteiger partial charge in [0.05, 0.1) is 0 Å². The van der Waals surface area contributed by atoms with Gasteiger partial charge in [0.15, 0.2) is 0 Å². The van der Waals surface area contributed by atoms with Crippen LogP contribution in [0.15, 0.2) is 51.8 Å². The molecule has 19 heavy (non-hydrogen) atoms. The molecule has 0 aromatic heterocycles. The molecule has 1 atom stereocenters. The van der Waals surface area contributed by atoms with Crippen LogP contribution in [-0.2, 0) is 0 Å². The Kier molecular flexibility index (Phi) is 5.08. The van der Waals surface area contributed by atoms with Gasteiger partial charge in [-0.1, -0.05) is 45.3 Å². The quantitative estimate of drug-likeness (QED) is 0.807. The van der Waals surface area contributed by atoms with E-state index in [4.69, 9.17) is 5.73 Å². The van der Waals surface area contributed by atoms with Crippen LogP contribution < -0.4 is 5.73 Å². The molecule has 2 rings (SSSR count). The molecule has 0 aliphatic heterocycles. The molecule has 2 aromatic carbocycles. The Hall–Kier alpha value is -0.770. The van der Waals surface area contributed by atoms with E-state index < -0.39 is 0 Å². The van der Waals surface area contributed by atoms with Gasteiger partial charge in [0, 0.05) is 21.2 Å². The van der Waals surface area contributed by atoms with Gasteiger partial charge in [-0.05, 0) is 43.7 Å². The first-order chi connectivity index (χ1) is 9.04. The number of nitrogens with two attached hydrogens (primary N) is 1. The van der Waals surface area contributed by atoms with Gasteiger partial charge in [-0.2, -0.15) is 0 Å². The fraction of sp³-hybridized carbons (Fsp3) is 0.250. The second-order valence-electron chi connectivity index (χ2n) is 4.79. The van der Waals surface area contributed by atoms with Crippen molar-refractivity contribution in [2.75, 3.05) is 5.75 Å². The highest BCUT2D eigenvalue weighted by atomic mass is 79.9. The van der Waals surface area contributed by atoms with E-state index in [0.29, 0.717) is 0 Å². The SMILES string of the molecule is Cc1cc(C)cc(C(N)CSc2ccc(Br)cc2)c1. The lowest BCUT2D eigenvalue weighted by Crippen LogP contribution is -2.13. The zero-order chi connectivity index (χ0) is 13.8. The number of hydrogen-bond donors (Lipinski definition) is 1. The zero-order valence-electron chi connectivity index (χ0n) is 11.2. The highest BCUT2D eigenvalue weighted by Crippen LogP contribution is 2.25. The van der Waals surface area contributed by atoms with Crippen molar-refractivity contribution >= 4 is 27.7 Å². The number of aryl methyl sites for hydroxylation is 2. The number of hydrogen-bond acceptors (Lipinski definition) is 2. The molecular weight excluding hydrogens is 318 g/mol. The van der Waals surface area contributed by atoms with Crippen molar-refractivity contribution in [3.63, 3.8) is 0 Å². The van der Waals surface area contributed by atoms with Gasteiger partial charge < -0.3 is 5.73 Å². The largest absolute Gasteiger partial charge is 0.323 e. The minimum absolute atomic E-state index is 0.0762. The fourth-order valence-corrected chi connectivity index (χ4v) is 3.19. The predicted molar refractivity (Wildman–Crippen MR) is 87.7 cm³/mol. The van der Waals surface area contributed by atoms with Gasteiger partial charge in [0.25, 0.3) is 0 Å². The molecule has 0 radical (unpaired) electrons. The molecule has 0 aliphatic carbocycles. The lowest BCUT2D eigenvalue weighted by molar-refractivity contribution is 0.828. The highest BCUT2D eigenvalue weighted by molar-refractivity contribution is 9.10. The highest BCUT2D eigenvalue weighted by Gasteiger charge is 2.08. The Morgan fingerprint density at radius 2 is 1.63 bits per heavy atom. The molecule has 0 spiro atoms. The summed E-state index contributed by atoms with van der Waals surface area (Å²) in [5.74, 6) is 0.893. The van der Waals surface area contributed by atoms with Crippen LogP contribution in [0.2, 0.25) is 0 Å². The first kappa shape index (κ1) is 14.6. The number of rotatable bonds is 4. The molecule has 0 saturated heterocycles. The maximum Gasteiger partial charge on any atom is 0.0390 e. The Morgan fingerprint density at radius 3 is 2.21 bits per heavy atom. The predicted octanol–water partition coefficient (Wildman–Crippen LogP) is 4.86. The molecule has 1 nitrogen and oxygen atoms in total. The average molecular weight is 336 g/mol. The second-order valence-corrected chi connectivity index (χ2v) is 6.80. The van der Waals surface area contributed by atoms with Crippen LogP contribution in [0.25, 0.3) is 0 Å². The van der Waals surface area contributed by atoms with Gasteiger partial charge in [-0.3, -0.25) is 0 Å². The molecule has 2 aromatic rings. The Labute approximate surface area is 127 Å². The lowest BCUT2D eigenvalue weighted by Gasteiger charge is -2.13. The monoisotopic (exact) mass is 335 g/mol. The molecule has 2 N–H and O–H groups in total. The summed E-state index contributed by atoms with van der Waals surface area (Å²) in [5, 5.41) is 0. The van der Waals surface area contributed by atoms with Gasteiger partial charge in [-0.25, -0.2) is 0 Å². The third kappa shape index (κ3) is 4.37. The number of thioether (sulfide) groups is 1. The molecule has 0 heterocycles. The second kappa shape index (κ2) is 6.60. The zero-order valence-corrected chi connectivity index (χ0v) is 13.6. The maximum absolute atomic E-state index is 6.28. The van der Waals surface area contributed by atoms with Gasteiger partial charge in [-0.15, -0.1) is 11.8 Å². The smallest absolute Gasteiger partial charge is 0.0390 e. The van der Waals surface area contributed by atoms with Crippen LogP contribution in [0.3, 0.4) is 0 Å². The van der Waals surface area contributed by atoms with E-state index in [2.05, 4.69) is 72.2 Å². The average Bonchev–Trinajstić information content (AvgIpc) is 2.36. The molecule has 0 amide bonds. The summed E-state index contributed by atoms with van der Waals surface area (Å²) in [6.07, 6.45) is 0. The van der Waals surface area contributed by atoms with E-state index in [9.17, 15) is 0 Å². The normalized spacial score (nSPS) is 12.4. The van der Waals surface area contributed by atoms with E-state index >= 15 is 0 Å².